The molecule has 0 radical (unpaired) electrons. The predicted molar refractivity (Wildman–Crippen MR) is 85.8 cm³/mol. The first-order chi connectivity index (χ1) is 10.9. The Bertz CT molecular complexity index is 585. The van der Waals surface area contributed by atoms with Crippen molar-refractivity contribution in [1.29, 1.82) is 0 Å². The molecule has 0 heterocycles. The molecule has 0 saturated heterocycles. The van der Waals surface area contributed by atoms with Crippen LogP contribution in [0.1, 0.15) is 50.0 Å². The standard InChI is InChI=1S/C17H21ClFNO3/c1-2-11-7-9-17(10-8-11,16(22)23)20-15(21)14(18)12-5-3-4-6-13(12)19/h3-6,11,14H,2,7-10H2,1H3,(H,20,21)(H,22,23). The molecule has 4 nitrogen and oxygen atoms in total. The minimum atomic E-state index is -1.30. The fraction of sp³-hybridized carbons (Fsp3) is 0.529. The van der Waals surface area contributed by atoms with Crippen LogP contribution in [0.25, 0.3) is 0 Å². The van der Waals surface area contributed by atoms with Crippen molar-refractivity contribution in [2.45, 2.75) is 49.9 Å². The van der Waals surface area contributed by atoms with Gasteiger partial charge in [-0.05, 0) is 37.7 Å². The van der Waals surface area contributed by atoms with Gasteiger partial charge in [-0.3, -0.25) is 4.79 Å². The van der Waals surface area contributed by atoms with Crippen LogP contribution in [0.2, 0.25) is 0 Å². The fourth-order valence-electron chi connectivity index (χ4n) is 3.09. The number of hydrogen-bond donors (Lipinski definition) is 2. The van der Waals surface area contributed by atoms with E-state index in [1.807, 2.05) is 0 Å². The molecule has 0 aliphatic heterocycles. The molecular formula is C17H21ClFNO3. The van der Waals surface area contributed by atoms with Gasteiger partial charge in [0.1, 0.15) is 16.7 Å². The molecule has 23 heavy (non-hydrogen) atoms. The molecule has 126 valence electrons. The molecule has 6 heteroatoms. The maximum atomic E-state index is 13.7. The Morgan fingerprint density at radius 3 is 2.52 bits per heavy atom. The topological polar surface area (TPSA) is 66.4 Å². The van der Waals surface area contributed by atoms with Crippen molar-refractivity contribution in [2.75, 3.05) is 0 Å². The van der Waals surface area contributed by atoms with E-state index in [0.717, 1.165) is 19.3 Å². The first kappa shape index (κ1) is 17.7. The summed E-state index contributed by atoms with van der Waals surface area (Å²) in [6.07, 6.45) is 3.23. The van der Waals surface area contributed by atoms with Gasteiger partial charge >= 0.3 is 5.97 Å². The summed E-state index contributed by atoms with van der Waals surface area (Å²) in [5.41, 5.74) is -1.25. The van der Waals surface area contributed by atoms with Gasteiger partial charge in [0.15, 0.2) is 0 Å². The normalized spacial score (nSPS) is 25.6. The van der Waals surface area contributed by atoms with E-state index in [2.05, 4.69) is 12.2 Å². The third kappa shape index (κ3) is 3.83. The lowest BCUT2D eigenvalue weighted by Gasteiger charge is -2.37. The van der Waals surface area contributed by atoms with Gasteiger partial charge < -0.3 is 10.4 Å². The minimum Gasteiger partial charge on any atom is -0.480 e. The summed E-state index contributed by atoms with van der Waals surface area (Å²) in [6, 6.07) is 5.73. The van der Waals surface area contributed by atoms with E-state index in [1.54, 1.807) is 6.07 Å². The second-order valence-corrected chi connectivity index (χ2v) is 6.55. The monoisotopic (exact) mass is 341 g/mol. The molecule has 0 spiro atoms. The van der Waals surface area contributed by atoms with Gasteiger partial charge in [0.25, 0.3) is 0 Å². The van der Waals surface area contributed by atoms with E-state index < -0.39 is 28.6 Å². The van der Waals surface area contributed by atoms with E-state index in [4.69, 9.17) is 11.6 Å². The van der Waals surface area contributed by atoms with Gasteiger partial charge in [-0.1, -0.05) is 31.5 Å². The maximum absolute atomic E-state index is 13.7. The van der Waals surface area contributed by atoms with Gasteiger partial charge in [-0.2, -0.15) is 0 Å². The number of aliphatic carboxylic acids is 1. The van der Waals surface area contributed by atoms with Gasteiger partial charge in [0.2, 0.25) is 5.91 Å². The Balaban J connectivity index is 2.13. The highest BCUT2D eigenvalue weighted by Gasteiger charge is 2.44. The number of carboxylic acid groups (broad SMARTS) is 1. The Labute approximate surface area is 140 Å². The third-order valence-electron chi connectivity index (χ3n) is 4.72. The van der Waals surface area contributed by atoms with Crippen LogP contribution in [0.3, 0.4) is 0 Å². The lowest BCUT2D eigenvalue weighted by Crippen LogP contribution is -2.57. The Morgan fingerprint density at radius 2 is 2.00 bits per heavy atom. The molecule has 1 atom stereocenters. The Hall–Kier alpha value is -1.62. The molecule has 1 aliphatic rings. The van der Waals surface area contributed by atoms with Gasteiger partial charge in [-0.25, -0.2) is 9.18 Å². The average Bonchev–Trinajstić information content (AvgIpc) is 2.55. The number of carboxylic acids is 1. The van der Waals surface area contributed by atoms with E-state index in [9.17, 15) is 19.1 Å². The summed E-state index contributed by atoms with van der Waals surface area (Å²) in [7, 11) is 0. The summed E-state index contributed by atoms with van der Waals surface area (Å²) in [4.78, 5) is 24.1. The molecule has 1 fully saturated rings. The van der Waals surface area contributed by atoms with Crippen LogP contribution in [-0.2, 0) is 9.59 Å². The number of alkyl halides is 1. The van der Waals surface area contributed by atoms with E-state index in [1.165, 1.54) is 18.2 Å². The zero-order valence-electron chi connectivity index (χ0n) is 13.0. The summed E-state index contributed by atoms with van der Waals surface area (Å²) in [5.74, 6) is -1.83. The Kier molecular flexibility index (Phi) is 5.63. The number of carbonyl (C=O) groups is 2. The molecule has 1 aromatic carbocycles. The van der Waals surface area contributed by atoms with E-state index >= 15 is 0 Å². The molecule has 2 rings (SSSR count). The summed E-state index contributed by atoms with van der Waals surface area (Å²) >= 11 is 6.06. The summed E-state index contributed by atoms with van der Waals surface area (Å²) < 4.78 is 13.7. The lowest BCUT2D eigenvalue weighted by atomic mass is 9.75. The van der Waals surface area contributed by atoms with Crippen LogP contribution in [0.4, 0.5) is 4.39 Å². The predicted octanol–water partition coefficient (Wildman–Crippen LogP) is 3.65. The highest BCUT2D eigenvalue weighted by molar-refractivity contribution is 6.31. The number of carbonyl (C=O) groups excluding carboxylic acids is 1. The highest BCUT2D eigenvalue weighted by Crippen LogP contribution is 2.35. The third-order valence-corrected chi connectivity index (χ3v) is 5.15. The maximum Gasteiger partial charge on any atom is 0.329 e. The van der Waals surface area contributed by atoms with Gasteiger partial charge in [0, 0.05) is 5.56 Å². The first-order valence-corrected chi connectivity index (χ1v) is 8.27. The molecule has 0 bridgehead atoms. The van der Waals surface area contributed by atoms with Crippen LogP contribution >= 0.6 is 11.6 Å². The zero-order chi connectivity index (χ0) is 17.0. The van der Waals surface area contributed by atoms with E-state index in [0.29, 0.717) is 18.8 Å². The quantitative estimate of drug-likeness (QED) is 0.803. The number of halogens is 2. The average molecular weight is 342 g/mol. The minimum absolute atomic E-state index is 0.0504. The van der Waals surface area contributed by atoms with Crippen LogP contribution in [0.5, 0.6) is 0 Å². The largest absolute Gasteiger partial charge is 0.480 e. The molecular weight excluding hydrogens is 321 g/mol. The van der Waals surface area contributed by atoms with Crippen LogP contribution in [0.15, 0.2) is 24.3 Å². The summed E-state index contributed by atoms with van der Waals surface area (Å²) in [5, 5.41) is 10.9. The number of rotatable bonds is 5. The SMILES string of the molecule is CCC1CCC(NC(=O)C(Cl)c2ccccc2F)(C(=O)O)CC1. The smallest absolute Gasteiger partial charge is 0.329 e. The van der Waals surface area contributed by atoms with Crippen molar-refractivity contribution < 1.29 is 19.1 Å². The number of amides is 1. The zero-order valence-corrected chi connectivity index (χ0v) is 13.8. The lowest BCUT2D eigenvalue weighted by molar-refractivity contribution is -0.149. The van der Waals surface area contributed by atoms with Crippen LogP contribution in [0, 0.1) is 11.7 Å². The summed E-state index contributed by atoms with van der Waals surface area (Å²) in [6.45, 7) is 2.07. The fourth-order valence-corrected chi connectivity index (χ4v) is 3.32. The molecule has 2 N–H and O–H groups in total. The van der Waals surface area contributed by atoms with Gasteiger partial charge in [0.05, 0.1) is 0 Å². The number of nitrogens with one attached hydrogen (secondary N) is 1. The van der Waals surface area contributed by atoms with Crippen molar-refractivity contribution in [3.05, 3.63) is 35.6 Å². The second-order valence-electron chi connectivity index (χ2n) is 6.11. The van der Waals surface area contributed by atoms with Crippen molar-refractivity contribution in [3.63, 3.8) is 0 Å². The van der Waals surface area contributed by atoms with E-state index in [-0.39, 0.29) is 5.56 Å². The van der Waals surface area contributed by atoms with Crippen molar-refractivity contribution in [2.24, 2.45) is 5.92 Å². The van der Waals surface area contributed by atoms with Crippen molar-refractivity contribution >= 4 is 23.5 Å². The van der Waals surface area contributed by atoms with Crippen molar-refractivity contribution in [3.8, 4) is 0 Å². The molecule has 1 amide bonds. The Morgan fingerprint density at radius 1 is 1.39 bits per heavy atom. The number of hydrogen-bond acceptors (Lipinski definition) is 2. The molecule has 1 aliphatic carbocycles. The number of benzene rings is 1. The second kappa shape index (κ2) is 7.30. The highest BCUT2D eigenvalue weighted by atomic mass is 35.5. The first-order valence-electron chi connectivity index (χ1n) is 7.83. The van der Waals surface area contributed by atoms with Crippen LogP contribution in [-0.4, -0.2) is 22.5 Å². The van der Waals surface area contributed by atoms with Crippen molar-refractivity contribution in [1.82, 2.24) is 5.32 Å². The molecule has 0 aromatic heterocycles. The van der Waals surface area contributed by atoms with Gasteiger partial charge in [-0.15, -0.1) is 11.6 Å². The van der Waals surface area contributed by atoms with Crippen LogP contribution < -0.4 is 5.32 Å². The molecule has 1 aromatic rings. The molecule has 1 saturated carbocycles. The molecule has 1 unspecified atom stereocenters.